The van der Waals surface area contributed by atoms with Gasteiger partial charge in [-0.1, -0.05) is 89.9 Å². The van der Waals surface area contributed by atoms with Crippen molar-refractivity contribution < 1.29 is 32.2 Å². The van der Waals surface area contributed by atoms with Crippen LogP contribution in [0, 0.1) is 17.0 Å². The third kappa shape index (κ3) is 4.61. The molecule has 0 radical (unpaired) electrons. The first-order chi connectivity index (χ1) is 22.5. The Morgan fingerprint density at radius 3 is 2.09 bits per heavy atom. The van der Waals surface area contributed by atoms with Crippen molar-refractivity contribution in [2.45, 2.75) is 48.1 Å². The van der Waals surface area contributed by atoms with Crippen LogP contribution in [0.15, 0.2) is 91.0 Å². The largest absolute Gasteiger partial charge is 0.454 e. The number of alkyl halides is 2. The molecule has 244 valence electrons. The highest BCUT2D eigenvalue weighted by Crippen LogP contribution is 2.72. The van der Waals surface area contributed by atoms with E-state index in [1.165, 1.54) is 18.2 Å². The van der Waals surface area contributed by atoms with Crippen molar-refractivity contribution >= 4 is 34.9 Å². The molecule has 5 atom stereocenters. The molecule has 3 N–H and O–H groups in total. The number of nitrogens with zero attached hydrogens (tertiary/aromatic N) is 1. The highest BCUT2D eigenvalue weighted by atomic mass is 35.5. The number of anilines is 1. The summed E-state index contributed by atoms with van der Waals surface area (Å²) in [7, 11) is 0. The van der Waals surface area contributed by atoms with E-state index in [0.29, 0.717) is 11.1 Å². The summed E-state index contributed by atoms with van der Waals surface area (Å²) in [5.74, 6) is -4.40. The molecule has 2 saturated heterocycles. The van der Waals surface area contributed by atoms with Crippen LogP contribution < -0.4 is 5.73 Å². The quantitative estimate of drug-likeness (QED) is 0.0932. The predicted octanol–water partition coefficient (Wildman–Crippen LogP) is 8.01. The van der Waals surface area contributed by atoms with Gasteiger partial charge in [-0.2, -0.15) is 0 Å². The number of ether oxygens (including phenoxy) is 1. The summed E-state index contributed by atoms with van der Waals surface area (Å²) in [6.45, 7) is -2.10. The van der Waals surface area contributed by atoms with Crippen LogP contribution in [-0.2, 0) is 15.1 Å². The molecule has 11 heteroatoms. The molecule has 3 fully saturated rings. The third-order valence-corrected chi connectivity index (χ3v) is 10.8. The topological polar surface area (TPSA) is 75.8 Å². The van der Waals surface area contributed by atoms with E-state index < -0.39 is 82.2 Å². The first-order valence-electron chi connectivity index (χ1n) is 15.1. The summed E-state index contributed by atoms with van der Waals surface area (Å²) in [5, 5.41) is 13.1. The molecule has 0 aromatic heterocycles. The van der Waals surface area contributed by atoms with E-state index in [9.17, 15) is 18.7 Å². The molecular weight excluding hydrogens is 655 g/mol. The number of carbonyl (C=O) groups excluding carboxylic acids is 1. The van der Waals surface area contributed by atoms with E-state index in [-0.39, 0.29) is 29.1 Å². The first-order valence-corrected chi connectivity index (χ1v) is 15.9. The van der Waals surface area contributed by atoms with Gasteiger partial charge in [0.15, 0.2) is 0 Å². The number of benzene rings is 4. The van der Waals surface area contributed by atoms with Crippen LogP contribution in [0.25, 0.3) is 0 Å². The molecule has 1 spiro atoms. The highest BCUT2D eigenvalue weighted by Gasteiger charge is 2.80. The van der Waals surface area contributed by atoms with Crippen molar-refractivity contribution in [3.05, 3.63) is 135 Å². The summed E-state index contributed by atoms with van der Waals surface area (Å²) in [5.41, 5.74) is 1.96. The van der Waals surface area contributed by atoms with Crippen LogP contribution in [0.3, 0.4) is 0 Å². The number of fused-ring (bicyclic) bond motifs is 2. The maximum absolute atomic E-state index is 16.2. The zero-order chi connectivity index (χ0) is 33.3. The number of hydrogen-bond acceptors (Lipinski definition) is 5. The minimum absolute atomic E-state index is 0.00522. The molecule has 0 amide bonds. The fourth-order valence-electron chi connectivity index (χ4n) is 8.48. The Kier molecular flexibility index (Phi) is 7.82. The molecule has 1 aliphatic carbocycles. The van der Waals surface area contributed by atoms with E-state index >= 15 is 8.78 Å². The lowest BCUT2D eigenvalue weighted by atomic mass is 9.49. The summed E-state index contributed by atoms with van der Waals surface area (Å²) in [6.07, 6.45) is -1.50. The minimum Gasteiger partial charge on any atom is -0.454 e. The SMILES string of the molecule is Nc1cc(Cl)ccc1[C@@]1(O)[C@@H](c2cc(F)cc(Cl)c2F)[C@@H]2C(=O)O[C@@H](c3ccccc3)[C@@H](c3ccccc3)N2C12CC(CF)(CF)C2. The van der Waals surface area contributed by atoms with Crippen molar-refractivity contribution in [1.29, 1.82) is 0 Å². The summed E-state index contributed by atoms with van der Waals surface area (Å²) in [4.78, 5) is 16.2. The molecule has 7 rings (SSSR count). The number of aliphatic hydroxyl groups is 1. The lowest BCUT2D eigenvalue weighted by molar-refractivity contribution is -0.220. The average Bonchev–Trinajstić information content (AvgIpc) is 3.28. The molecule has 47 heavy (non-hydrogen) atoms. The molecule has 0 bridgehead atoms. The van der Waals surface area contributed by atoms with E-state index in [0.717, 1.165) is 12.1 Å². The van der Waals surface area contributed by atoms with Crippen molar-refractivity contribution in [2.75, 3.05) is 19.1 Å². The number of carbonyl (C=O) groups is 1. The molecule has 5 nitrogen and oxygen atoms in total. The van der Waals surface area contributed by atoms with E-state index in [1.54, 1.807) is 41.3 Å². The Labute approximate surface area is 278 Å². The summed E-state index contributed by atoms with van der Waals surface area (Å²) >= 11 is 12.4. The van der Waals surface area contributed by atoms with Crippen LogP contribution in [-0.4, -0.2) is 40.9 Å². The van der Waals surface area contributed by atoms with Crippen molar-refractivity contribution in [3.8, 4) is 0 Å². The second-order valence-corrected chi connectivity index (χ2v) is 13.7. The van der Waals surface area contributed by atoms with Crippen LogP contribution >= 0.6 is 23.2 Å². The lowest BCUT2D eigenvalue weighted by Gasteiger charge is -2.64. The molecule has 2 aliphatic heterocycles. The number of nitrogen functional groups attached to an aromatic ring is 1. The standard InChI is InChI=1S/C36H30Cl2F4N2O3/c37-22-11-12-25(27(43)13-22)36(46)28(24-14-23(41)15-26(38)29(24)42)31-33(45)47-32(21-9-5-2-6-10-21)30(20-7-3-1-4-8-20)44(31)35(36)16-34(17-35,18-39)19-40/h1-15,28,30-32,46H,16-19,43H2/t28-,30+,31+,32-,36+/m0/s1. The maximum atomic E-state index is 16.2. The molecular formula is C36H30Cl2F4N2O3. The van der Waals surface area contributed by atoms with E-state index in [2.05, 4.69) is 0 Å². The van der Waals surface area contributed by atoms with Gasteiger partial charge in [0.2, 0.25) is 0 Å². The van der Waals surface area contributed by atoms with Crippen LogP contribution in [0.1, 0.15) is 53.2 Å². The van der Waals surface area contributed by atoms with Gasteiger partial charge < -0.3 is 15.6 Å². The van der Waals surface area contributed by atoms with Gasteiger partial charge in [0.05, 0.1) is 30.0 Å². The van der Waals surface area contributed by atoms with Gasteiger partial charge in [0, 0.05) is 33.2 Å². The van der Waals surface area contributed by atoms with Crippen LogP contribution in [0.4, 0.5) is 23.2 Å². The lowest BCUT2D eigenvalue weighted by Crippen LogP contribution is -2.71. The Morgan fingerprint density at radius 2 is 1.49 bits per heavy atom. The molecule has 0 unspecified atom stereocenters. The fraction of sp³-hybridized carbons (Fsp3) is 0.306. The number of rotatable bonds is 6. The number of hydrogen-bond donors (Lipinski definition) is 2. The Balaban J connectivity index is 1.58. The summed E-state index contributed by atoms with van der Waals surface area (Å²) in [6, 6.07) is 21.7. The van der Waals surface area contributed by atoms with Gasteiger partial charge in [-0.3, -0.25) is 18.5 Å². The van der Waals surface area contributed by atoms with Gasteiger partial charge >= 0.3 is 5.97 Å². The highest BCUT2D eigenvalue weighted by molar-refractivity contribution is 6.31. The van der Waals surface area contributed by atoms with Gasteiger partial charge in [-0.15, -0.1) is 0 Å². The molecule has 1 saturated carbocycles. The summed E-state index contributed by atoms with van der Waals surface area (Å²) < 4.78 is 67.1. The maximum Gasteiger partial charge on any atom is 0.324 e. The second-order valence-electron chi connectivity index (χ2n) is 12.9. The Hall–Kier alpha value is -3.63. The first kappa shape index (κ1) is 31.9. The number of nitrogens with two attached hydrogens (primary N) is 1. The van der Waals surface area contributed by atoms with Crippen molar-refractivity contribution in [2.24, 2.45) is 5.41 Å². The number of esters is 1. The minimum atomic E-state index is -2.34. The van der Waals surface area contributed by atoms with Gasteiger partial charge in [-0.05, 0) is 48.2 Å². The predicted molar refractivity (Wildman–Crippen MR) is 170 cm³/mol. The van der Waals surface area contributed by atoms with Crippen molar-refractivity contribution in [1.82, 2.24) is 4.90 Å². The smallest absolute Gasteiger partial charge is 0.324 e. The van der Waals surface area contributed by atoms with Gasteiger partial charge in [-0.25, -0.2) is 8.78 Å². The Bertz CT molecular complexity index is 1840. The van der Waals surface area contributed by atoms with Gasteiger partial charge in [0.1, 0.15) is 29.4 Å². The third-order valence-electron chi connectivity index (χ3n) is 10.3. The second kappa shape index (κ2) is 11.5. The van der Waals surface area contributed by atoms with E-state index in [4.69, 9.17) is 33.7 Å². The zero-order valence-electron chi connectivity index (χ0n) is 24.9. The zero-order valence-corrected chi connectivity index (χ0v) is 26.4. The fourth-order valence-corrected chi connectivity index (χ4v) is 8.87. The number of halogens is 6. The molecule has 3 aliphatic rings. The average molecular weight is 686 g/mol. The molecule has 4 aromatic carbocycles. The number of morpholine rings is 1. The number of cyclic esters (lactones) is 1. The molecule has 2 heterocycles. The normalized spacial score (nSPS) is 27.7. The monoisotopic (exact) mass is 684 g/mol. The van der Waals surface area contributed by atoms with Crippen molar-refractivity contribution in [3.63, 3.8) is 0 Å². The van der Waals surface area contributed by atoms with Gasteiger partial charge in [0.25, 0.3) is 0 Å². The Morgan fingerprint density at radius 1 is 0.872 bits per heavy atom. The molecule has 4 aromatic rings. The van der Waals surface area contributed by atoms with Crippen LogP contribution in [0.2, 0.25) is 10.0 Å². The van der Waals surface area contributed by atoms with Crippen LogP contribution in [0.5, 0.6) is 0 Å². The van der Waals surface area contributed by atoms with E-state index in [1.807, 2.05) is 24.3 Å².